The third-order valence-corrected chi connectivity index (χ3v) is 5.29. The highest BCUT2D eigenvalue weighted by Gasteiger charge is 2.36. The van der Waals surface area contributed by atoms with E-state index in [0.717, 1.165) is 57.8 Å². The van der Waals surface area contributed by atoms with Gasteiger partial charge in [-0.3, -0.25) is 4.55 Å². The van der Waals surface area contributed by atoms with Crippen molar-refractivity contribution in [1.82, 2.24) is 0 Å². The molecule has 0 spiro atoms. The van der Waals surface area contributed by atoms with Gasteiger partial charge < -0.3 is 4.74 Å². The van der Waals surface area contributed by atoms with Gasteiger partial charge in [-0.2, -0.15) is 8.42 Å². The van der Waals surface area contributed by atoms with Crippen LogP contribution in [0.1, 0.15) is 64.2 Å². The Balaban J connectivity index is 2.00. The van der Waals surface area contributed by atoms with Crippen LogP contribution in [-0.2, 0) is 14.9 Å². The van der Waals surface area contributed by atoms with E-state index in [1.807, 2.05) is 0 Å². The smallest absolute Gasteiger partial charge is 0.292 e. The Hall–Kier alpha value is -0.130. The second-order valence-corrected chi connectivity index (χ2v) is 7.17. The first-order valence-electron chi connectivity index (χ1n) is 7.19. The van der Waals surface area contributed by atoms with Crippen molar-refractivity contribution in [3.63, 3.8) is 0 Å². The van der Waals surface area contributed by atoms with Crippen LogP contribution in [0.15, 0.2) is 0 Å². The van der Waals surface area contributed by atoms with Crippen LogP contribution in [0.4, 0.5) is 0 Å². The summed E-state index contributed by atoms with van der Waals surface area (Å²) in [4.78, 5) is 0. The summed E-state index contributed by atoms with van der Waals surface area (Å²) in [6.45, 7) is 0. The highest BCUT2D eigenvalue weighted by Crippen LogP contribution is 2.32. The molecule has 2 aliphatic carbocycles. The van der Waals surface area contributed by atoms with Gasteiger partial charge in [0.15, 0.2) is 5.44 Å². The zero-order valence-corrected chi connectivity index (χ0v) is 11.7. The summed E-state index contributed by atoms with van der Waals surface area (Å²) in [7, 11) is -4.09. The topological polar surface area (TPSA) is 63.6 Å². The summed E-state index contributed by atoms with van der Waals surface area (Å²) in [5.74, 6) is -0.0179. The van der Waals surface area contributed by atoms with E-state index in [4.69, 9.17) is 4.74 Å². The summed E-state index contributed by atoms with van der Waals surface area (Å²) in [6, 6.07) is 0. The van der Waals surface area contributed by atoms with Gasteiger partial charge in [0.25, 0.3) is 10.1 Å². The average Bonchev–Trinajstić information content (AvgIpc) is 2.37. The fraction of sp³-hybridized carbons (Fsp3) is 1.00. The van der Waals surface area contributed by atoms with Gasteiger partial charge in [-0.25, -0.2) is 0 Å². The van der Waals surface area contributed by atoms with Crippen molar-refractivity contribution in [2.75, 3.05) is 0 Å². The lowest BCUT2D eigenvalue weighted by Gasteiger charge is -2.32. The van der Waals surface area contributed by atoms with E-state index in [1.54, 1.807) is 0 Å². The summed E-state index contributed by atoms with van der Waals surface area (Å²) in [5.41, 5.74) is -0.985. The van der Waals surface area contributed by atoms with Crippen molar-refractivity contribution >= 4 is 10.1 Å². The van der Waals surface area contributed by atoms with Crippen LogP contribution in [0.25, 0.3) is 0 Å². The molecule has 0 saturated heterocycles. The Labute approximate surface area is 110 Å². The molecule has 0 aromatic heterocycles. The van der Waals surface area contributed by atoms with Crippen LogP contribution >= 0.6 is 0 Å². The zero-order chi connectivity index (χ0) is 13.0. The minimum Gasteiger partial charge on any atom is -0.356 e. The van der Waals surface area contributed by atoms with Gasteiger partial charge in [0.1, 0.15) is 0 Å². The predicted octanol–water partition coefficient (Wildman–Crippen LogP) is 3.13. The summed E-state index contributed by atoms with van der Waals surface area (Å²) < 4.78 is 38.2. The first-order chi connectivity index (χ1) is 8.57. The molecule has 0 aliphatic heterocycles. The van der Waals surface area contributed by atoms with Crippen molar-refractivity contribution in [2.45, 2.75) is 75.7 Å². The summed E-state index contributed by atoms with van der Waals surface area (Å²) in [6.07, 6.45) is 10.3. The first kappa shape index (κ1) is 14.3. The summed E-state index contributed by atoms with van der Waals surface area (Å²) in [5, 5.41) is 0. The van der Waals surface area contributed by atoms with Crippen LogP contribution in [0.2, 0.25) is 0 Å². The Morgan fingerprint density at radius 3 is 1.89 bits per heavy atom. The molecule has 0 radical (unpaired) electrons. The minimum absolute atomic E-state index is 0.0179. The number of ether oxygens (including phenoxy) is 1. The van der Waals surface area contributed by atoms with Gasteiger partial charge >= 0.3 is 0 Å². The lowest BCUT2D eigenvalue weighted by molar-refractivity contribution is -0.0268. The molecular formula is C13H24O4S. The number of rotatable bonds is 4. The normalized spacial score (nSPS) is 26.1. The Morgan fingerprint density at radius 1 is 0.889 bits per heavy atom. The quantitative estimate of drug-likeness (QED) is 0.801. The Morgan fingerprint density at radius 2 is 1.39 bits per heavy atom. The Bertz CT molecular complexity index is 340. The van der Waals surface area contributed by atoms with Crippen LogP contribution in [0.3, 0.4) is 0 Å². The molecule has 1 unspecified atom stereocenters. The van der Waals surface area contributed by atoms with Gasteiger partial charge in [-0.15, -0.1) is 0 Å². The molecule has 5 heteroatoms. The fourth-order valence-corrected chi connectivity index (χ4v) is 4.28. The molecular weight excluding hydrogens is 252 g/mol. The van der Waals surface area contributed by atoms with E-state index in [2.05, 4.69) is 0 Å². The third-order valence-electron chi connectivity index (χ3n) is 4.21. The van der Waals surface area contributed by atoms with E-state index in [-0.39, 0.29) is 12.0 Å². The van der Waals surface area contributed by atoms with Gasteiger partial charge in [0, 0.05) is 5.92 Å². The van der Waals surface area contributed by atoms with Crippen molar-refractivity contribution in [1.29, 1.82) is 0 Å². The monoisotopic (exact) mass is 276 g/mol. The molecule has 106 valence electrons. The molecule has 18 heavy (non-hydrogen) atoms. The highest BCUT2D eigenvalue weighted by molar-refractivity contribution is 7.86. The molecule has 2 fully saturated rings. The van der Waals surface area contributed by atoms with E-state index >= 15 is 0 Å². The molecule has 2 saturated carbocycles. The molecule has 0 aromatic rings. The standard InChI is InChI=1S/C13H24O4S/c14-18(15,16)13(11-7-3-1-4-8-11)17-12-9-5-2-6-10-12/h11-13H,1-10H2,(H,14,15,16). The largest absolute Gasteiger partial charge is 0.356 e. The third kappa shape index (κ3) is 3.93. The predicted molar refractivity (Wildman–Crippen MR) is 69.9 cm³/mol. The van der Waals surface area contributed by atoms with Crippen molar-refractivity contribution < 1.29 is 17.7 Å². The molecule has 4 nitrogen and oxygen atoms in total. The highest BCUT2D eigenvalue weighted by atomic mass is 32.2. The van der Waals surface area contributed by atoms with Gasteiger partial charge in [-0.1, -0.05) is 38.5 Å². The van der Waals surface area contributed by atoms with Gasteiger partial charge in [-0.05, 0) is 25.7 Å². The van der Waals surface area contributed by atoms with Crippen LogP contribution in [0, 0.1) is 5.92 Å². The van der Waals surface area contributed by atoms with Crippen molar-refractivity contribution in [2.24, 2.45) is 5.92 Å². The van der Waals surface area contributed by atoms with Gasteiger partial charge in [0.05, 0.1) is 6.10 Å². The van der Waals surface area contributed by atoms with Crippen LogP contribution in [-0.4, -0.2) is 24.5 Å². The van der Waals surface area contributed by atoms with Crippen molar-refractivity contribution in [3.05, 3.63) is 0 Å². The van der Waals surface area contributed by atoms with E-state index in [1.165, 1.54) is 6.42 Å². The maximum atomic E-state index is 11.5. The van der Waals surface area contributed by atoms with Gasteiger partial charge in [0.2, 0.25) is 0 Å². The molecule has 1 N–H and O–H groups in total. The minimum atomic E-state index is -4.09. The lowest BCUT2D eigenvalue weighted by Crippen LogP contribution is -2.37. The lowest BCUT2D eigenvalue weighted by atomic mass is 9.89. The number of hydrogen-bond acceptors (Lipinski definition) is 3. The zero-order valence-electron chi connectivity index (χ0n) is 10.9. The maximum absolute atomic E-state index is 11.5. The van der Waals surface area contributed by atoms with Crippen LogP contribution < -0.4 is 0 Å². The first-order valence-corrected chi connectivity index (χ1v) is 8.69. The molecule has 0 aromatic carbocycles. The second-order valence-electron chi connectivity index (χ2n) is 5.68. The van der Waals surface area contributed by atoms with E-state index in [0.29, 0.717) is 0 Å². The Kier molecular flexibility index (Phi) is 5.04. The molecule has 0 heterocycles. The SMILES string of the molecule is O=S(=O)(O)C(OC1CCCCC1)C1CCCCC1. The van der Waals surface area contributed by atoms with E-state index in [9.17, 15) is 13.0 Å². The average molecular weight is 276 g/mol. The number of hydrogen-bond donors (Lipinski definition) is 1. The molecule has 1 atom stereocenters. The maximum Gasteiger partial charge on any atom is 0.292 e. The van der Waals surface area contributed by atoms with Crippen molar-refractivity contribution in [3.8, 4) is 0 Å². The summed E-state index contributed by atoms with van der Waals surface area (Å²) >= 11 is 0. The molecule has 0 bridgehead atoms. The molecule has 2 aliphatic rings. The fourth-order valence-electron chi connectivity index (χ4n) is 3.22. The van der Waals surface area contributed by atoms with E-state index < -0.39 is 15.6 Å². The van der Waals surface area contributed by atoms with Crippen LogP contribution in [0.5, 0.6) is 0 Å². The second kappa shape index (κ2) is 6.35. The molecule has 2 rings (SSSR count). The molecule has 0 amide bonds.